The van der Waals surface area contributed by atoms with Gasteiger partial charge in [0, 0.05) is 25.6 Å². The number of nitrogens with zero attached hydrogens (tertiary/aromatic N) is 1. The molecular weight excluding hydrogens is 232 g/mol. The Morgan fingerprint density at radius 3 is 2.78 bits per heavy atom. The van der Waals surface area contributed by atoms with Crippen LogP contribution in [0.4, 0.5) is 4.79 Å². The maximum absolute atomic E-state index is 12.0. The maximum Gasteiger partial charge on any atom is 0.410 e. The highest BCUT2D eigenvalue weighted by Gasteiger charge is 2.36. The number of piperidine rings is 2. The van der Waals surface area contributed by atoms with E-state index in [1.165, 1.54) is 0 Å². The van der Waals surface area contributed by atoms with Crippen LogP contribution in [0.3, 0.4) is 0 Å². The monoisotopic (exact) mass is 254 g/mol. The third-order valence-corrected chi connectivity index (χ3v) is 3.47. The van der Waals surface area contributed by atoms with Crippen LogP contribution in [-0.4, -0.2) is 41.6 Å². The van der Waals surface area contributed by atoms with Crippen LogP contribution in [0.25, 0.3) is 0 Å². The number of carbonyl (C=O) groups excluding carboxylic acids is 2. The summed E-state index contributed by atoms with van der Waals surface area (Å²) in [6.45, 7) is 6.98. The minimum Gasteiger partial charge on any atom is -0.444 e. The molecule has 2 amide bonds. The average Bonchev–Trinajstić information content (AvgIpc) is 2.26. The lowest BCUT2D eigenvalue weighted by Crippen LogP contribution is -2.55. The summed E-state index contributed by atoms with van der Waals surface area (Å²) in [5, 5.41) is 3.01. The predicted molar refractivity (Wildman–Crippen MR) is 67.1 cm³/mol. The fourth-order valence-electron chi connectivity index (χ4n) is 2.60. The largest absolute Gasteiger partial charge is 0.444 e. The van der Waals surface area contributed by atoms with E-state index in [-0.39, 0.29) is 18.0 Å². The van der Waals surface area contributed by atoms with E-state index < -0.39 is 5.60 Å². The molecule has 2 atom stereocenters. The van der Waals surface area contributed by atoms with E-state index in [1.807, 2.05) is 20.8 Å². The molecule has 5 nitrogen and oxygen atoms in total. The fourth-order valence-corrected chi connectivity index (χ4v) is 2.60. The first-order valence-corrected chi connectivity index (χ1v) is 6.62. The molecule has 2 aliphatic rings. The summed E-state index contributed by atoms with van der Waals surface area (Å²) in [5.41, 5.74) is -0.450. The van der Waals surface area contributed by atoms with Gasteiger partial charge in [0.25, 0.3) is 0 Å². The van der Waals surface area contributed by atoms with Gasteiger partial charge in [-0.05, 0) is 39.5 Å². The lowest BCUT2D eigenvalue weighted by Gasteiger charge is -2.41. The Balaban J connectivity index is 1.91. The molecule has 0 unspecified atom stereocenters. The van der Waals surface area contributed by atoms with Crippen LogP contribution in [0.15, 0.2) is 0 Å². The van der Waals surface area contributed by atoms with Gasteiger partial charge in [0.1, 0.15) is 5.60 Å². The van der Waals surface area contributed by atoms with Crippen LogP contribution in [0.1, 0.15) is 40.0 Å². The van der Waals surface area contributed by atoms with Crippen molar-refractivity contribution < 1.29 is 14.3 Å². The van der Waals surface area contributed by atoms with Crippen molar-refractivity contribution in [2.45, 2.75) is 51.7 Å². The summed E-state index contributed by atoms with van der Waals surface area (Å²) < 4.78 is 5.38. The molecule has 0 aromatic rings. The quantitative estimate of drug-likeness (QED) is 0.713. The number of rotatable bonds is 0. The number of ether oxygens (including phenoxy) is 1. The van der Waals surface area contributed by atoms with Gasteiger partial charge in [0.15, 0.2) is 0 Å². The Kier molecular flexibility index (Phi) is 3.50. The summed E-state index contributed by atoms with van der Waals surface area (Å²) in [7, 11) is 0. The second-order valence-corrected chi connectivity index (χ2v) is 6.19. The summed E-state index contributed by atoms with van der Waals surface area (Å²) >= 11 is 0. The molecule has 0 bridgehead atoms. The molecule has 2 fully saturated rings. The molecule has 5 heteroatoms. The van der Waals surface area contributed by atoms with Gasteiger partial charge in [-0.25, -0.2) is 4.79 Å². The fraction of sp³-hybridized carbons (Fsp3) is 0.846. The van der Waals surface area contributed by atoms with Gasteiger partial charge in [-0.15, -0.1) is 0 Å². The molecule has 2 heterocycles. The van der Waals surface area contributed by atoms with Crippen molar-refractivity contribution >= 4 is 12.0 Å². The Morgan fingerprint density at radius 1 is 1.39 bits per heavy atom. The van der Waals surface area contributed by atoms with Gasteiger partial charge in [-0.1, -0.05) is 0 Å². The van der Waals surface area contributed by atoms with Crippen molar-refractivity contribution in [1.82, 2.24) is 10.2 Å². The highest BCUT2D eigenvalue weighted by Crippen LogP contribution is 2.26. The molecular formula is C13H22N2O3. The van der Waals surface area contributed by atoms with Gasteiger partial charge in [0.05, 0.1) is 0 Å². The molecule has 0 aliphatic carbocycles. The van der Waals surface area contributed by atoms with Crippen molar-refractivity contribution in [2.24, 2.45) is 5.92 Å². The minimum absolute atomic E-state index is 0.141. The molecule has 0 aromatic carbocycles. The lowest BCUT2D eigenvalue weighted by molar-refractivity contribution is -0.125. The molecule has 0 saturated carbocycles. The zero-order valence-corrected chi connectivity index (χ0v) is 11.4. The topological polar surface area (TPSA) is 58.6 Å². The van der Waals surface area contributed by atoms with Crippen LogP contribution in [0, 0.1) is 5.92 Å². The average molecular weight is 254 g/mol. The molecule has 1 N–H and O–H groups in total. The van der Waals surface area contributed by atoms with Gasteiger partial charge in [-0.3, -0.25) is 4.79 Å². The molecule has 0 aromatic heterocycles. The summed E-state index contributed by atoms with van der Waals surface area (Å²) in [4.78, 5) is 25.0. The standard InChI is InChI=1S/C13H22N2O3/c1-13(2,3)18-12(17)15-7-6-10-9(8-15)4-5-11(16)14-10/h9-10H,4-8H2,1-3H3,(H,14,16)/t9-,10+/m0/s1. The normalized spacial score (nSPS) is 28.4. The Morgan fingerprint density at radius 2 is 2.11 bits per heavy atom. The number of nitrogens with one attached hydrogen (secondary N) is 1. The minimum atomic E-state index is -0.450. The van der Waals surface area contributed by atoms with Crippen molar-refractivity contribution in [3.05, 3.63) is 0 Å². The van der Waals surface area contributed by atoms with E-state index >= 15 is 0 Å². The van der Waals surface area contributed by atoms with Crippen LogP contribution in [0.2, 0.25) is 0 Å². The lowest BCUT2D eigenvalue weighted by atomic mass is 9.85. The van der Waals surface area contributed by atoms with E-state index in [0.29, 0.717) is 25.4 Å². The first kappa shape index (κ1) is 13.2. The maximum atomic E-state index is 12.0. The number of fused-ring (bicyclic) bond motifs is 1. The number of hydrogen-bond acceptors (Lipinski definition) is 3. The molecule has 102 valence electrons. The molecule has 2 saturated heterocycles. The Bertz CT molecular complexity index is 349. The van der Waals surface area contributed by atoms with Crippen molar-refractivity contribution in [1.29, 1.82) is 0 Å². The smallest absolute Gasteiger partial charge is 0.410 e. The van der Waals surface area contributed by atoms with E-state index in [9.17, 15) is 9.59 Å². The van der Waals surface area contributed by atoms with Crippen LogP contribution in [0.5, 0.6) is 0 Å². The number of likely N-dealkylation sites (tertiary alicyclic amines) is 1. The van der Waals surface area contributed by atoms with E-state index in [4.69, 9.17) is 4.74 Å². The zero-order valence-electron chi connectivity index (χ0n) is 11.4. The number of hydrogen-bond donors (Lipinski definition) is 1. The molecule has 18 heavy (non-hydrogen) atoms. The van der Waals surface area contributed by atoms with E-state index in [2.05, 4.69) is 5.32 Å². The summed E-state index contributed by atoms with van der Waals surface area (Å²) in [5.74, 6) is 0.519. The molecule has 2 aliphatic heterocycles. The molecule has 0 spiro atoms. The summed E-state index contributed by atoms with van der Waals surface area (Å²) in [6, 6.07) is 0.241. The number of amides is 2. The first-order chi connectivity index (χ1) is 8.35. The SMILES string of the molecule is CC(C)(C)OC(=O)N1CC[C@H]2NC(=O)CC[C@H]2C1. The third kappa shape index (κ3) is 3.15. The zero-order chi connectivity index (χ0) is 13.3. The predicted octanol–water partition coefficient (Wildman–Crippen LogP) is 1.52. The van der Waals surface area contributed by atoms with Crippen LogP contribution < -0.4 is 5.32 Å². The molecule has 0 radical (unpaired) electrons. The first-order valence-electron chi connectivity index (χ1n) is 6.62. The second-order valence-electron chi connectivity index (χ2n) is 6.19. The van der Waals surface area contributed by atoms with Crippen molar-refractivity contribution in [2.75, 3.05) is 13.1 Å². The highest BCUT2D eigenvalue weighted by molar-refractivity contribution is 5.77. The Hall–Kier alpha value is -1.26. The third-order valence-electron chi connectivity index (χ3n) is 3.47. The van der Waals surface area contributed by atoms with Crippen molar-refractivity contribution in [3.8, 4) is 0 Å². The van der Waals surface area contributed by atoms with Gasteiger partial charge < -0.3 is 15.0 Å². The Labute approximate surface area is 108 Å². The van der Waals surface area contributed by atoms with Crippen molar-refractivity contribution in [3.63, 3.8) is 0 Å². The summed E-state index contributed by atoms with van der Waals surface area (Å²) in [6.07, 6.45) is 2.03. The van der Waals surface area contributed by atoms with Crippen LogP contribution >= 0.6 is 0 Å². The number of carbonyl (C=O) groups is 2. The van der Waals surface area contributed by atoms with E-state index in [0.717, 1.165) is 12.8 Å². The van der Waals surface area contributed by atoms with Crippen LogP contribution in [-0.2, 0) is 9.53 Å². The van der Waals surface area contributed by atoms with Gasteiger partial charge in [-0.2, -0.15) is 0 Å². The second kappa shape index (κ2) is 4.78. The highest BCUT2D eigenvalue weighted by atomic mass is 16.6. The van der Waals surface area contributed by atoms with Gasteiger partial charge >= 0.3 is 6.09 Å². The van der Waals surface area contributed by atoms with E-state index in [1.54, 1.807) is 4.90 Å². The van der Waals surface area contributed by atoms with Gasteiger partial charge in [0.2, 0.25) is 5.91 Å². The molecule has 2 rings (SSSR count).